The fourth-order valence-corrected chi connectivity index (χ4v) is 6.81. The fraction of sp³-hybridized carbons (Fsp3) is 0.241. The average Bonchev–Trinajstić information content (AvgIpc) is 3.14. The molecule has 192 valence electrons. The van der Waals surface area contributed by atoms with Crippen molar-refractivity contribution < 1.29 is 18.7 Å². The number of methoxy groups -OCH3 is 1. The van der Waals surface area contributed by atoms with Crippen LogP contribution in [-0.4, -0.2) is 38.1 Å². The first-order valence-corrected chi connectivity index (χ1v) is 15.7. The van der Waals surface area contributed by atoms with Crippen molar-refractivity contribution in [1.29, 1.82) is 0 Å². The van der Waals surface area contributed by atoms with Gasteiger partial charge in [-0.3, -0.25) is 14.2 Å². The number of carbonyl (C=O) groups excluding carboxylic acids is 2. The summed E-state index contributed by atoms with van der Waals surface area (Å²) < 4.78 is 20.4. The highest BCUT2D eigenvalue weighted by atomic mass is 35.5. The van der Waals surface area contributed by atoms with Gasteiger partial charge in [-0.15, -0.1) is 0 Å². The molecule has 8 heteroatoms. The van der Waals surface area contributed by atoms with E-state index < -0.39 is 8.07 Å². The number of hydrogen-bond acceptors (Lipinski definition) is 3. The van der Waals surface area contributed by atoms with E-state index in [1.807, 2.05) is 31.2 Å². The molecular formula is C29H30ClFN2O3Si. The summed E-state index contributed by atoms with van der Waals surface area (Å²) in [4.78, 5) is 26.5. The highest BCUT2D eigenvalue weighted by molar-refractivity contribution is 6.89. The lowest BCUT2D eigenvalue weighted by Crippen LogP contribution is -2.44. The normalized spacial score (nSPS) is 11.5. The van der Waals surface area contributed by atoms with E-state index in [-0.39, 0.29) is 24.1 Å². The van der Waals surface area contributed by atoms with Gasteiger partial charge in [0.25, 0.3) is 5.91 Å². The zero-order chi connectivity index (χ0) is 26.7. The van der Waals surface area contributed by atoms with E-state index in [0.717, 1.165) is 22.2 Å². The Bertz CT molecular complexity index is 1450. The summed E-state index contributed by atoms with van der Waals surface area (Å²) in [5, 5.41) is 5.55. The van der Waals surface area contributed by atoms with Crippen LogP contribution in [0.4, 0.5) is 4.39 Å². The number of amides is 1. The molecule has 4 aromatic rings. The van der Waals surface area contributed by atoms with Gasteiger partial charge in [0, 0.05) is 28.2 Å². The third-order valence-electron chi connectivity index (χ3n) is 6.87. The highest BCUT2D eigenvalue weighted by Crippen LogP contribution is 2.31. The van der Waals surface area contributed by atoms with Gasteiger partial charge in [0.05, 0.1) is 27.1 Å². The number of carbonyl (C=O) groups is 2. The Hall–Kier alpha value is -3.42. The maximum absolute atomic E-state index is 13.5. The number of halogens is 2. The lowest BCUT2D eigenvalue weighted by Gasteiger charge is -2.23. The first-order valence-electron chi connectivity index (χ1n) is 12.1. The molecule has 1 N–H and O–H groups in total. The number of nitrogens with zero attached hydrogens (tertiary/aromatic N) is 1. The molecule has 37 heavy (non-hydrogen) atoms. The van der Waals surface area contributed by atoms with Gasteiger partial charge >= 0.3 is 0 Å². The quantitative estimate of drug-likeness (QED) is 0.293. The first-order chi connectivity index (χ1) is 17.6. The summed E-state index contributed by atoms with van der Waals surface area (Å²) in [6, 6.07) is 19.7. The summed E-state index contributed by atoms with van der Waals surface area (Å²) in [6.07, 6.45) is 0.134. The van der Waals surface area contributed by atoms with E-state index in [1.165, 1.54) is 12.1 Å². The molecule has 3 aromatic carbocycles. The van der Waals surface area contributed by atoms with Crippen LogP contribution in [0.5, 0.6) is 5.75 Å². The van der Waals surface area contributed by atoms with Crippen molar-refractivity contribution in [2.45, 2.75) is 32.5 Å². The number of rotatable bonds is 8. The van der Waals surface area contributed by atoms with Crippen LogP contribution in [0.3, 0.4) is 0 Å². The third-order valence-corrected chi connectivity index (χ3v) is 10.5. The largest absolute Gasteiger partial charge is 0.497 e. The van der Waals surface area contributed by atoms with Gasteiger partial charge in [-0.2, -0.15) is 0 Å². The van der Waals surface area contributed by atoms with E-state index in [9.17, 15) is 14.0 Å². The molecule has 0 bridgehead atoms. The zero-order valence-corrected chi connectivity index (χ0v) is 23.2. The minimum atomic E-state index is -1.84. The van der Waals surface area contributed by atoms with Crippen molar-refractivity contribution in [2.24, 2.45) is 0 Å². The number of hydrogen-bond donors (Lipinski definition) is 1. The predicted octanol–water partition coefficient (Wildman–Crippen LogP) is 5.71. The SMILES string of the molecule is COc1ccc2c(c1)c(CC(=O)NCC[Si](C)(C)c1ccc(F)cc1)c(C)n2C(=O)c1ccc(Cl)cc1. The van der Waals surface area contributed by atoms with Gasteiger partial charge in [0.2, 0.25) is 5.91 Å². The predicted molar refractivity (Wildman–Crippen MR) is 149 cm³/mol. The van der Waals surface area contributed by atoms with E-state index in [1.54, 1.807) is 42.0 Å². The number of benzene rings is 3. The maximum atomic E-state index is 13.5. The Morgan fingerprint density at radius 3 is 2.35 bits per heavy atom. The van der Waals surface area contributed by atoms with E-state index >= 15 is 0 Å². The van der Waals surface area contributed by atoms with Crippen LogP contribution in [0.1, 0.15) is 21.6 Å². The molecule has 0 aliphatic carbocycles. The van der Waals surface area contributed by atoms with Crippen LogP contribution in [0.2, 0.25) is 24.2 Å². The Balaban J connectivity index is 1.56. The fourth-order valence-electron chi connectivity index (χ4n) is 4.58. The van der Waals surface area contributed by atoms with E-state index in [2.05, 4.69) is 18.4 Å². The molecule has 0 radical (unpaired) electrons. The van der Waals surface area contributed by atoms with Gasteiger partial charge < -0.3 is 10.1 Å². The molecule has 1 aromatic heterocycles. The minimum absolute atomic E-state index is 0.118. The molecule has 0 saturated carbocycles. The van der Waals surface area contributed by atoms with Gasteiger partial charge in [-0.1, -0.05) is 42.0 Å². The van der Waals surface area contributed by atoms with Crippen LogP contribution in [0.15, 0.2) is 66.7 Å². The molecule has 4 rings (SSSR count). The molecule has 0 aliphatic heterocycles. The zero-order valence-electron chi connectivity index (χ0n) is 21.4. The van der Waals surface area contributed by atoms with Crippen molar-refractivity contribution in [3.05, 3.63) is 94.4 Å². The summed E-state index contributed by atoms with van der Waals surface area (Å²) in [6.45, 7) is 6.80. The summed E-state index contributed by atoms with van der Waals surface area (Å²) >= 11 is 6.01. The Morgan fingerprint density at radius 1 is 1.03 bits per heavy atom. The Morgan fingerprint density at radius 2 is 1.70 bits per heavy atom. The molecule has 0 fully saturated rings. The number of fused-ring (bicyclic) bond motifs is 1. The maximum Gasteiger partial charge on any atom is 0.262 e. The summed E-state index contributed by atoms with van der Waals surface area (Å²) in [5.41, 5.74) is 2.71. The van der Waals surface area contributed by atoms with Crippen molar-refractivity contribution in [1.82, 2.24) is 9.88 Å². The molecule has 0 aliphatic rings. The van der Waals surface area contributed by atoms with Crippen LogP contribution in [0, 0.1) is 12.7 Å². The van der Waals surface area contributed by atoms with Crippen LogP contribution >= 0.6 is 11.6 Å². The monoisotopic (exact) mass is 536 g/mol. The van der Waals surface area contributed by atoms with Gasteiger partial charge in [0.15, 0.2) is 0 Å². The second kappa shape index (κ2) is 10.9. The van der Waals surface area contributed by atoms with Crippen molar-refractivity contribution in [3.8, 4) is 5.75 Å². The van der Waals surface area contributed by atoms with Gasteiger partial charge in [0.1, 0.15) is 11.6 Å². The standard InChI is InChI=1S/C29H30ClFN2O3Si/c1-19-25(18-28(34)32-15-16-37(3,4)24-12-9-22(31)10-13-24)26-17-23(36-2)11-14-27(26)33(19)29(35)20-5-7-21(30)8-6-20/h5-14,17H,15-16,18H2,1-4H3,(H,32,34). The molecule has 0 unspecified atom stereocenters. The second-order valence-corrected chi connectivity index (χ2v) is 15.0. The van der Waals surface area contributed by atoms with Crippen LogP contribution in [-0.2, 0) is 11.2 Å². The van der Waals surface area contributed by atoms with Crippen molar-refractivity contribution in [3.63, 3.8) is 0 Å². The summed E-state index contributed by atoms with van der Waals surface area (Å²) in [5.74, 6) is 0.0933. The van der Waals surface area contributed by atoms with Crippen LogP contribution in [0.25, 0.3) is 10.9 Å². The molecule has 1 heterocycles. The molecule has 0 saturated heterocycles. The molecular weight excluding hydrogens is 507 g/mol. The van der Waals surface area contributed by atoms with E-state index in [4.69, 9.17) is 16.3 Å². The van der Waals surface area contributed by atoms with Gasteiger partial charge in [-0.05, 0) is 73.1 Å². The highest BCUT2D eigenvalue weighted by Gasteiger charge is 2.25. The lowest BCUT2D eigenvalue weighted by molar-refractivity contribution is -0.120. The molecule has 5 nitrogen and oxygen atoms in total. The number of aromatic nitrogens is 1. The molecule has 1 amide bonds. The Labute approximate surface area is 222 Å². The lowest BCUT2D eigenvalue weighted by atomic mass is 10.1. The smallest absolute Gasteiger partial charge is 0.262 e. The van der Waals surface area contributed by atoms with Gasteiger partial charge in [-0.25, -0.2) is 4.39 Å². The van der Waals surface area contributed by atoms with Crippen molar-refractivity contribution >= 4 is 47.6 Å². The van der Waals surface area contributed by atoms with Crippen molar-refractivity contribution in [2.75, 3.05) is 13.7 Å². The third kappa shape index (κ3) is 5.78. The molecule has 0 atom stereocenters. The summed E-state index contributed by atoms with van der Waals surface area (Å²) in [7, 11) is -0.250. The van der Waals surface area contributed by atoms with Crippen LogP contribution < -0.4 is 15.2 Å². The average molecular weight is 537 g/mol. The van der Waals surface area contributed by atoms with E-state index in [0.29, 0.717) is 34.1 Å². The minimum Gasteiger partial charge on any atom is -0.497 e. The number of ether oxygens (including phenoxy) is 1. The molecule has 0 spiro atoms. The Kier molecular flexibility index (Phi) is 7.85. The number of nitrogens with one attached hydrogen (secondary N) is 1. The second-order valence-electron chi connectivity index (χ2n) is 9.76. The first kappa shape index (κ1) is 26.6. The topological polar surface area (TPSA) is 60.3 Å².